The van der Waals surface area contributed by atoms with Crippen molar-refractivity contribution in [2.24, 2.45) is 5.73 Å². The van der Waals surface area contributed by atoms with Crippen molar-refractivity contribution >= 4 is 23.2 Å². The predicted molar refractivity (Wildman–Crippen MR) is 101 cm³/mol. The minimum absolute atomic E-state index is 0.0769. The first-order valence-corrected chi connectivity index (χ1v) is 9.40. The Morgan fingerprint density at radius 2 is 1.92 bits per heavy atom. The van der Waals surface area contributed by atoms with E-state index >= 15 is 0 Å². The van der Waals surface area contributed by atoms with Crippen molar-refractivity contribution in [1.82, 2.24) is 10.6 Å². The fourth-order valence-corrected chi connectivity index (χ4v) is 3.30. The SMILES string of the molecule is CCCCc1ccc(C(NC(=O)CNC(=O)CN)c2cccs2)cc1. The molecular formula is C19H25N3O2S. The van der Waals surface area contributed by atoms with Gasteiger partial charge in [-0.25, -0.2) is 0 Å². The van der Waals surface area contributed by atoms with Crippen LogP contribution in [0, 0.1) is 0 Å². The van der Waals surface area contributed by atoms with Crippen molar-refractivity contribution in [3.05, 3.63) is 57.8 Å². The van der Waals surface area contributed by atoms with Crippen LogP contribution in [0.2, 0.25) is 0 Å². The minimum atomic E-state index is -0.344. The average Bonchev–Trinajstić information content (AvgIpc) is 3.17. The Balaban J connectivity index is 2.08. The molecule has 0 spiro atoms. The molecule has 1 aromatic heterocycles. The average molecular weight is 359 g/mol. The third-order valence-electron chi connectivity index (χ3n) is 3.90. The Labute approximate surface area is 152 Å². The van der Waals surface area contributed by atoms with Crippen LogP contribution in [0.15, 0.2) is 41.8 Å². The molecule has 0 bridgehead atoms. The summed E-state index contributed by atoms with van der Waals surface area (Å²) < 4.78 is 0. The van der Waals surface area contributed by atoms with E-state index < -0.39 is 0 Å². The summed E-state index contributed by atoms with van der Waals surface area (Å²) in [5.41, 5.74) is 7.57. The van der Waals surface area contributed by atoms with E-state index in [1.54, 1.807) is 11.3 Å². The number of aryl methyl sites for hydroxylation is 1. The van der Waals surface area contributed by atoms with Crippen LogP contribution in [0.5, 0.6) is 0 Å². The highest BCUT2D eigenvalue weighted by molar-refractivity contribution is 7.10. The molecule has 0 radical (unpaired) electrons. The minimum Gasteiger partial charge on any atom is -0.346 e. The van der Waals surface area contributed by atoms with Gasteiger partial charge in [0.05, 0.1) is 19.1 Å². The van der Waals surface area contributed by atoms with E-state index in [4.69, 9.17) is 5.73 Å². The molecule has 5 nitrogen and oxygen atoms in total. The number of rotatable bonds is 9. The maximum absolute atomic E-state index is 12.2. The summed E-state index contributed by atoms with van der Waals surface area (Å²) in [4.78, 5) is 24.5. The molecule has 6 heteroatoms. The lowest BCUT2D eigenvalue weighted by Crippen LogP contribution is -2.40. The van der Waals surface area contributed by atoms with E-state index in [1.807, 2.05) is 17.5 Å². The molecule has 0 saturated heterocycles. The van der Waals surface area contributed by atoms with Crippen LogP contribution < -0.4 is 16.4 Å². The normalized spacial score (nSPS) is 11.8. The molecule has 1 heterocycles. The van der Waals surface area contributed by atoms with Crippen molar-refractivity contribution in [2.75, 3.05) is 13.1 Å². The first-order valence-electron chi connectivity index (χ1n) is 8.52. The van der Waals surface area contributed by atoms with Gasteiger partial charge in [0.1, 0.15) is 0 Å². The van der Waals surface area contributed by atoms with Crippen molar-refractivity contribution in [3.63, 3.8) is 0 Å². The molecule has 25 heavy (non-hydrogen) atoms. The second-order valence-electron chi connectivity index (χ2n) is 5.84. The van der Waals surface area contributed by atoms with Gasteiger partial charge < -0.3 is 16.4 Å². The zero-order chi connectivity index (χ0) is 18.1. The number of hydrogen-bond donors (Lipinski definition) is 3. The Kier molecular flexibility index (Phi) is 7.63. The Bertz CT molecular complexity index is 668. The number of nitrogens with one attached hydrogen (secondary N) is 2. The van der Waals surface area contributed by atoms with E-state index in [-0.39, 0.29) is 30.9 Å². The van der Waals surface area contributed by atoms with Crippen molar-refractivity contribution in [2.45, 2.75) is 32.2 Å². The molecule has 0 aliphatic heterocycles. The number of carbonyl (C=O) groups is 2. The lowest BCUT2D eigenvalue weighted by Gasteiger charge is -2.19. The third-order valence-corrected chi connectivity index (χ3v) is 4.83. The zero-order valence-corrected chi connectivity index (χ0v) is 15.3. The Morgan fingerprint density at radius 1 is 1.16 bits per heavy atom. The van der Waals surface area contributed by atoms with Crippen molar-refractivity contribution < 1.29 is 9.59 Å². The highest BCUT2D eigenvalue weighted by Crippen LogP contribution is 2.26. The first kappa shape index (κ1) is 19.1. The zero-order valence-electron chi connectivity index (χ0n) is 14.5. The molecule has 2 rings (SSSR count). The molecule has 0 aliphatic carbocycles. The summed E-state index contributed by atoms with van der Waals surface area (Å²) in [7, 11) is 0. The predicted octanol–water partition coefficient (Wildman–Crippen LogP) is 2.37. The number of hydrogen-bond acceptors (Lipinski definition) is 4. The number of benzene rings is 1. The van der Waals surface area contributed by atoms with Gasteiger partial charge in [0.15, 0.2) is 0 Å². The van der Waals surface area contributed by atoms with Gasteiger partial charge in [-0.1, -0.05) is 43.7 Å². The van der Waals surface area contributed by atoms with E-state index in [9.17, 15) is 9.59 Å². The quantitative estimate of drug-likeness (QED) is 0.643. The molecule has 0 aliphatic rings. The first-order chi connectivity index (χ1) is 12.1. The van der Waals surface area contributed by atoms with Crippen LogP contribution in [0.25, 0.3) is 0 Å². The molecule has 0 fully saturated rings. The summed E-state index contributed by atoms with van der Waals surface area (Å²) in [5.74, 6) is -0.585. The monoisotopic (exact) mass is 359 g/mol. The van der Waals surface area contributed by atoms with Gasteiger partial charge in [0.25, 0.3) is 0 Å². The standard InChI is InChI=1S/C19H25N3O2S/c1-2-3-5-14-7-9-15(10-8-14)19(16-6-4-11-25-16)22-18(24)13-21-17(23)12-20/h4,6-11,19H,2-3,5,12-13,20H2,1H3,(H,21,23)(H,22,24). The lowest BCUT2D eigenvalue weighted by atomic mass is 10.0. The maximum atomic E-state index is 12.2. The molecule has 2 aromatic rings. The van der Waals surface area contributed by atoms with Crippen LogP contribution in [-0.2, 0) is 16.0 Å². The molecule has 4 N–H and O–H groups in total. The number of carbonyl (C=O) groups excluding carboxylic acids is 2. The second kappa shape index (κ2) is 9.96. The summed E-state index contributed by atoms with van der Waals surface area (Å²) >= 11 is 1.59. The Morgan fingerprint density at radius 3 is 2.52 bits per heavy atom. The van der Waals surface area contributed by atoms with Crippen LogP contribution in [0.4, 0.5) is 0 Å². The Hall–Kier alpha value is -2.18. The smallest absolute Gasteiger partial charge is 0.240 e. The van der Waals surface area contributed by atoms with Gasteiger partial charge in [-0.05, 0) is 35.4 Å². The number of unbranched alkanes of at least 4 members (excludes halogenated alkanes) is 1. The van der Waals surface area contributed by atoms with Crippen LogP contribution in [-0.4, -0.2) is 24.9 Å². The summed E-state index contributed by atoms with van der Waals surface area (Å²) in [6.45, 7) is 1.98. The van der Waals surface area contributed by atoms with Gasteiger partial charge >= 0.3 is 0 Å². The van der Waals surface area contributed by atoms with Gasteiger partial charge in [-0.15, -0.1) is 11.3 Å². The highest BCUT2D eigenvalue weighted by Gasteiger charge is 2.18. The summed E-state index contributed by atoms with van der Waals surface area (Å²) in [6, 6.07) is 12.1. The molecule has 0 saturated carbocycles. The largest absolute Gasteiger partial charge is 0.346 e. The topological polar surface area (TPSA) is 84.2 Å². The van der Waals surface area contributed by atoms with Crippen LogP contribution >= 0.6 is 11.3 Å². The fraction of sp³-hybridized carbons (Fsp3) is 0.368. The van der Waals surface area contributed by atoms with Gasteiger partial charge in [-0.3, -0.25) is 9.59 Å². The van der Waals surface area contributed by atoms with Crippen molar-refractivity contribution in [1.29, 1.82) is 0 Å². The molecule has 2 amide bonds. The molecular weight excluding hydrogens is 334 g/mol. The van der Waals surface area contributed by atoms with Gasteiger partial charge in [-0.2, -0.15) is 0 Å². The van der Waals surface area contributed by atoms with E-state index in [1.165, 1.54) is 18.4 Å². The number of amides is 2. The molecule has 1 atom stereocenters. The van der Waals surface area contributed by atoms with Crippen LogP contribution in [0.1, 0.15) is 41.8 Å². The second-order valence-corrected chi connectivity index (χ2v) is 6.82. The maximum Gasteiger partial charge on any atom is 0.240 e. The lowest BCUT2D eigenvalue weighted by molar-refractivity contribution is -0.125. The van der Waals surface area contributed by atoms with Crippen molar-refractivity contribution in [3.8, 4) is 0 Å². The van der Waals surface area contributed by atoms with Crippen LogP contribution in [0.3, 0.4) is 0 Å². The third kappa shape index (κ3) is 5.99. The molecule has 1 aromatic carbocycles. The summed E-state index contributed by atoms with van der Waals surface area (Å²) in [5, 5.41) is 7.47. The number of nitrogens with two attached hydrogens (primary N) is 1. The van der Waals surface area contributed by atoms with E-state index in [0.717, 1.165) is 16.9 Å². The fourth-order valence-electron chi connectivity index (χ4n) is 2.49. The molecule has 134 valence electrons. The van der Waals surface area contributed by atoms with E-state index in [0.29, 0.717) is 0 Å². The van der Waals surface area contributed by atoms with E-state index in [2.05, 4.69) is 41.8 Å². The summed E-state index contributed by atoms with van der Waals surface area (Å²) in [6.07, 6.45) is 3.41. The van der Waals surface area contributed by atoms with Gasteiger partial charge in [0, 0.05) is 4.88 Å². The number of thiophene rings is 1. The van der Waals surface area contributed by atoms with Gasteiger partial charge in [0.2, 0.25) is 11.8 Å². The highest BCUT2D eigenvalue weighted by atomic mass is 32.1. The molecule has 1 unspecified atom stereocenters.